The number of hydrogen-bond acceptors (Lipinski definition) is 8. The minimum atomic E-state index is -1.46. The molecule has 0 aromatic heterocycles. The third kappa shape index (κ3) is 13.5. The quantitative estimate of drug-likeness (QED) is 0.0499. The number of esters is 1. The van der Waals surface area contributed by atoms with Gasteiger partial charge in [0.25, 0.3) is 0 Å². The number of allylic oxidation sites excluding steroid dienone is 3. The summed E-state index contributed by atoms with van der Waals surface area (Å²) in [6.07, 6.45) is 23.4. The van der Waals surface area contributed by atoms with Crippen LogP contribution in [0.4, 0.5) is 0 Å². The molecule has 8 nitrogen and oxygen atoms in total. The Morgan fingerprint density at radius 3 is 2.62 bits per heavy atom. The van der Waals surface area contributed by atoms with Crippen LogP contribution in [0.3, 0.4) is 0 Å². The number of unbranched alkanes of at least 4 members (excludes halogenated alkanes) is 1. The Bertz CT molecular complexity index is 1250. The molecule has 6 unspecified atom stereocenters. The van der Waals surface area contributed by atoms with Crippen molar-refractivity contribution in [3.05, 3.63) is 71.7 Å². The monoisotopic (exact) mass is 618 g/mol. The van der Waals surface area contributed by atoms with Gasteiger partial charge in [-0.05, 0) is 93.6 Å². The van der Waals surface area contributed by atoms with Gasteiger partial charge in [0, 0.05) is 24.8 Å². The van der Waals surface area contributed by atoms with E-state index < -0.39 is 18.4 Å². The van der Waals surface area contributed by atoms with E-state index in [2.05, 4.69) is 24.3 Å². The summed E-state index contributed by atoms with van der Waals surface area (Å²) in [4.78, 5) is 23.9. The van der Waals surface area contributed by atoms with E-state index in [1.165, 1.54) is 11.6 Å². The molecule has 1 saturated carbocycles. The van der Waals surface area contributed by atoms with Crippen molar-refractivity contribution >= 4 is 11.8 Å². The van der Waals surface area contributed by atoms with Gasteiger partial charge in [0.05, 0.1) is 18.3 Å². The second-order valence-corrected chi connectivity index (χ2v) is 11.7. The van der Waals surface area contributed by atoms with Crippen LogP contribution in [0.5, 0.6) is 0 Å². The molecule has 3 rings (SSSR count). The average Bonchev–Trinajstić information content (AvgIpc) is 3.39. The number of carbonyl (C=O) groups is 2. The van der Waals surface area contributed by atoms with E-state index in [4.69, 9.17) is 27.1 Å². The summed E-state index contributed by atoms with van der Waals surface area (Å²) in [6.45, 7) is -0.174. The maximum atomic E-state index is 12.4. The van der Waals surface area contributed by atoms with Gasteiger partial charge in [-0.1, -0.05) is 42.5 Å². The van der Waals surface area contributed by atoms with E-state index in [1.807, 2.05) is 30.0 Å². The first-order chi connectivity index (χ1) is 21.8. The zero-order chi connectivity index (χ0) is 32.4. The summed E-state index contributed by atoms with van der Waals surface area (Å²) >= 11 is 0. The number of aliphatic hydroxyl groups excluding tert-OH is 3. The van der Waals surface area contributed by atoms with E-state index in [0.717, 1.165) is 51.4 Å². The second kappa shape index (κ2) is 19.7. The van der Waals surface area contributed by atoms with Gasteiger partial charge in [0.2, 0.25) is 6.29 Å². The molecule has 2 aliphatic rings. The highest BCUT2D eigenvalue weighted by molar-refractivity contribution is 5.88. The Hall–Kier alpha value is -3.66. The molecule has 3 N–H and O–H groups in total. The van der Waals surface area contributed by atoms with Gasteiger partial charge >= 0.3 is 5.97 Å². The summed E-state index contributed by atoms with van der Waals surface area (Å²) in [7, 11) is 0. The maximum absolute atomic E-state index is 12.4. The van der Waals surface area contributed by atoms with Crippen molar-refractivity contribution in [1.82, 2.24) is 0 Å². The number of terminal acetylenes is 2. The molecule has 0 spiro atoms. The van der Waals surface area contributed by atoms with Gasteiger partial charge in [-0.2, -0.15) is 0 Å². The fourth-order valence-corrected chi connectivity index (χ4v) is 5.91. The number of carbonyl (C=O) groups excluding carboxylic acids is 2. The summed E-state index contributed by atoms with van der Waals surface area (Å²) in [5.41, 5.74) is 1.29. The van der Waals surface area contributed by atoms with E-state index in [0.29, 0.717) is 25.2 Å². The Kier molecular flexibility index (Phi) is 15.7. The lowest BCUT2D eigenvalue weighted by molar-refractivity contribution is -0.134. The predicted octanol–water partition coefficient (Wildman–Crippen LogP) is 4.92. The average molecular weight is 619 g/mol. The molecule has 0 heterocycles. The van der Waals surface area contributed by atoms with Crippen LogP contribution < -0.4 is 0 Å². The van der Waals surface area contributed by atoms with Crippen LogP contribution >= 0.6 is 0 Å². The summed E-state index contributed by atoms with van der Waals surface area (Å²) in [6, 6.07) is 10.3. The molecule has 8 heteroatoms. The lowest BCUT2D eigenvalue weighted by Crippen LogP contribution is -2.23. The fourth-order valence-electron chi connectivity index (χ4n) is 5.91. The topological polar surface area (TPSA) is 123 Å². The second-order valence-electron chi connectivity index (χ2n) is 11.7. The van der Waals surface area contributed by atoms with Gasteiger partial charge in [0.15, 0.2) is 5.78 Å². The highest BCUT2D eigenvalue weighted by Crippen LogP contribution is 2.38. The minimum Gasteiger partial charge on any atom is -0.486 e. The van der Waals surface area contributed by atoms with E-state index in [1.54, 1.807) is 6.08 Å². The van der Waals surface area contributed by atoms with Gasteiger partial charge in [0.1, 0.15) is 18.1 Å². The molecule has 0 saturated heterocycles. The normalized spacial score (nSPS) is 22.5. The number of rotatable bonds is 19. The first kappa shape index (κ1) is 35.8. The van der Waals surface area contributed by atoms with Crippen LogP contribution in [0.25, 0.3) is 0 Å². The smallest absolute Gasteiger partial charge is 0.389 e. The molecule has 1 aromatic carbocycles. The van der Waals surface area contributed by atoms with Crippen molar-refractivity contribution in [1.29, 1.82) is 0 Å². The van der Waals surface area contributed by atoms with Crippen molar-refractivity contribution in [2.75, 3.05) is 6.61 Å². The molecule has 0 amide bonds. The molecular formula is C37H46O8. The molecule has 6 atom stereocenters. The number of aryl methyl sites for hydroxylation is 1. The van der Waals surface area contributed by atoms with Gasteiger partial charge < -0.3 is 29.5 Å². The SMILES string of the molecule is C#CC(=O)OC1=CC(OCC(=O)CCCC=CCC2CCC(O)C2CCC(O)CCCc2ccccc2)=CC(OC(O)C#C)C1. The molecular weight excluding hydrogens is 572 g/mol. The number of Topliss-reactive ketones (excluding diaryl/α,β-unsaturated/α-hetero) is 1. The standard InChI is InChI=1S/C37H46O8/c1-3-36(41)44-32-23-31(24-33(25-32)45-37(42)4-2)43-26-30(39)17-11-6-5-10-16-28-19-22-35(40)34(28)21-20-29(38)18-12-15-27-13-8-7-9-14-27/h1-2,5,7-10,13-14,23-24,28-29,32,34-36,38,40-41H,6,11-12,15-22,25-26H2. The minimum absolute atomic E-state index is 0.0899. The van der Waals surface area contributed by atoms with Crippen LogP contribution in [0.1, 0.15) is 76.2 Å². The number of ether oxygens (including phenoxy) is 3. The maximum Gasteiger partial charge on any atom is 0.389 e. The predicted molar refractivity (Wildman–Crippen MR) is 171 cm³/mol. The van der Waals surface area contributed by atoms with Gasteiger partial charge in [-0.25, -0.2) is 4.79 Å². The first-order valence-electron chi connectivity index (χ1n) is 15.9. The lowest BCUT2D eigenvalue weighted by atomic mass is 9.86. The Labute approximate surface area is 267 Å². The van der Waals surface area contributed by atoms with E-state index in [9.17, 15) is 24.9 Å². The molecule has 2 aliphatic carbocycles. The Balaban J connectivity index is 1.33. The van der Waals surface area contributed by atoms with E-state index in [-0.39, 0.29) is 48.5 Å². The fraction of sp³-hybridized carbons (Fsp3) is 0.514. The highest BCUT2D eigenvalue weighted by Gasteiger charge is 2.34. The van der Waals surface area contributed by atoms with E-state index >= 15 is 0 Å². The molecule has 1 aromatic rings. The van der Waals surface area contributed by atoms with Gasteiger partial charge in [-0.15, -0.1) is 12.8 Å². The third-order valence-electron chi connectivity index (χ3n) is 8.29. The van der Waals surface area contributed by atoms with Crippen LogP contribution in [-0.4, -0.2) is 58.3 Å². The van der Waals surface area contributed by atoms with Gasteiger partial charge in [-0.3, -0.25) is 4.79 Å². The van der Waals surface area contributed by atoms with Crippen LogP contribution in [0, 0.1) is 36.5 Å². The third-order valence-corrected chi connectivity index (χ3v) is 8.29. The van der Waals surface area contributed by atoms with Crippen LogP contribution in [0.15, 0.2) is 66.2 Å². The highest BCUT2D eigenvalue weighted by atomic mass is 16.6. The molecule has 242 valence electrons. The first-order valence-corrected chi connectivity index (χ1v) is 15.9. The largest absolute Gasteiger partial charge is 0.486 e. The zero-order valence-corrected chi connectivity index (χ0v) is 25.9. The van der Waals surface area contributed by atoms with Crippen molar-refractivity contribution in [2.24, 2.45) is 11.8 Å². The van der Waals surface area contributed by atoms with Crippen LogP contribution in [-0.2, 0) is 30.2 Å². The van der Waals surface area contributed by atoms with Crippen molar-refractivity contribution < 1.29 is 39.1 Å². The Morgan fingerprint density at radius 2 is 1.87 bits per heavy atom. The number of benzene rings is 1. The molecule has 0 bridgehead atoms. The number of ketones is 1. The number of aliphatic hydroxyl groups is 3. The molecule has 1 fully saturated rings. The van der Waals surface area contributed by atoms with Crippen molar-refractivity contribution in [2.45, 2.75) is 102 Å². The summed E-state index contributed by atoms with van der Waals surface area (Å²) < 4.78 is 16.0. The summed E-state index contributed by atoms with van der Waals surface area (Å²) in [5, 5.41) is 30.7. The zero-order valence-electron chi connectivity index (χ0n) is 25.9. The lowest BCUT2D eigenvalue weighted by Gasteiger charge is -2.22. The summed E-state index contributed by atoms with van der Waals surface area (Å²) in [5.74, 6) is 3.96. The molecule has 45 heavy (non-hydrogen) atoms. The number of hydrogen-bond donors (Lipinski definition) is 3. The Morgan fingerprint density at radius 1 is 1.07 bits per heavy atom. The van der Waals surface area contributed by atoms with Crippen molar-refractivity contribution in [3.8, 4) is 24.7 Å². The molecule has 0 aliphatic heterocycles. The molecule has 0 radical (unpaired) electrons. The van der Waals surface area contributed by atoms with Crippen LogP contribution in [0.2, 0.25) is 0 Å². The van der Waals surface area contributed by atoms with Crippen molar-refractivity contribution in [3.63, 3.8) is 0 Å².